The van der Waals surface area contributed by atoms with Gasteiger partial charge in [-0.05, 0) is 12.8 Å². The van der Waals surface area contributed by atoms with Crippen molar-refractivity contribution in [1.29, 1.82) is 0 Å². The minimum Gasteiger partial charge on any atom is -1.00 e. The maximum atomic E-state index is 12.3. The molecule has 0 saturated heterocycles. The van der Waals surface area contributed by atoms with Gasteiger partial charge in [-0.25, -0.2) is 0 Å². The Labute approximate surface area is 335 Å². The Balaban J connectivity index is -0.0000101. The summed E-state index contributed by atoms with van der Waals surface area (Å²) in [6.07, 6.45) is 36.2. The Morgan fingerprint density at radius 2 is 0.745 bits per heavy atom. The second-order valence-electron chi connectivity index (χ2n) is 13.5. The van der Waals surface area contributed by atoms with E-state index in [-0.39, 0.29) is 66.0 Å². The molecule has 0 amide bonds. The smallest absolute Gasteiger partial charge is 1.00 e. The van der Waals surface area contributed by atoms with Crippen LogP contribution in [0.5, 0.6) is 0 Å². The van der Waals surface area contributed by atoms with E-state index >= 15 is 0 Å². The molecule has 0 aromatic heterocycles. The molecular formula is C38H75KO7S. The van der Waals surface area contributed by atoms with Crippen molar-refractivity contribution in [2.75, 3.05) is 13.2 Å². The minimum atomic E-state index is -4.77. The van der Waals surface area contributed by atoms with Gasteiger partial charge in [0, 0.05) is 0 Å². The minimum absolute atomic E-state index is 0. The predicted molar refractivity (Wildman–Crippen MR) is 193 cm³/mol. The third-order valence-corrected chi connectivity index (χ3v) is 10.1. The van der Waals surface area contributed by atoms with Crippen LogP contribution in [0.15, 0.2) is 0 Å². The van der Waals surface area contributed by atoms with Gasteiger partial charge in [0.25, 0.3) is 10.1 Å². The summed E-state index contributed by atoms with van der Waals surface area (Å²) in [5, 5.41) is -1.93. The van der Waals surface area contributed by atoms with Crippen molar-refractivity contribution in [3.8, 4) is 0 Å². The maximum Gasteiger partial charge on any atom is 1.00 e. The van der Waals surface area contributed by atoms with Crippen LogP contribution in [-0.4, -0.2) is 43.4 Å². The maximum absolute atomic E-state index is 12.3. The average molecular weight is 715 g/mol. The second kappa shape index (κ2) is 37.7. The van der Waals surface area contributed by atoms with Crippen LogP contribution in [0, 0.1) is 0 Å². The van der Waals surface area contributed by atoms with Crippen LogP contribution in [0.3, 0.4) is 0 Å². The summed E-state index contributed by atoms with van der Waals surface area (Å²) in [6, 6.07) is 0. The fourth-order valence-electron chi connectivity index (χ4n) is 5.92. The molecule has 0 rings (SSSR count). The largest absolute Gasteiger partial charge is 1.00 e. The Bertz CT molecular complexity index is 798. The average Bonchev–Trinajstić information content (AvgIpc) is 3.02. The first-order chi connectivity index (χ1) is 22.3. The van der Waals surface area contributed by atoms with Crippen molar-refractivity contribution in [3.63, 3.8) is 0 Å². The molecule has 0 aromatic carbocycles. The first-order valence-electron chi connectivity index (χ1n) is 19.6. The van der Waals surface area contributed by atoms with Crippen molar-refractivity contribution >= 4 is 22.1 Å². The van der Waals surface area contributed by atoms with Crippen molar-refractivity contribution in [1.82, 2.24) is 0 Å². The number of hydrogen-bond donors (Lipinski definition) is 1. The number of unbranched alkanes of at least 4 members (excludes halogenated alkanes) is 28. The Kier molecular flexibility index (Phi) is 39.8. The van der Waals surface area contributed by atoms with Gasteiger partial charge in [0.2, 0.25) is 0 Å². The van der Waals surface area contributed by atoms with E-state index in [4.69, 9.17) is 9.47 Å². The predicted octanol–water partition coefficient (Wildman–Crippen LogP) is 8.58. The van der Waals surface area contributed by atoms with Crippen molar-refractivity contribution < 1.29 is 84.8 Å². The molecule has 1 N–H and O–H groups in total. The summed E-state index contributed by atoms with van der Waals surface area (Å²) < 4.78 is 43.2. The SMILES string of the molecule is CCCCCCCCCCCCCCCCCCOC(=O)C(CC(=O)OCCCCCCCCCCCCCCCC)S(=O)(=O)O.[H-].[K+]. The zero-order valence-corrected chi connectivity index (χ0v) is 35.2. The van der Waals surface area contributed by atoms with Crippen LogP contribution in [0.1, 0.15) is 214 Å². The molecule has 47 heavy (non-hydrogen) atoms. The number of hydrogen-bond acceptors (Lipinski definition) is 6. The Morgan fingerprint density at radius 3 is 1.02 bits per heavy atom. The topological polar surface area (TPSA) is 107 Å². The summed E-state index contributed by atoms with van der Waals surface area (Å²) in [4.78, 5) is 24.5. The number of carbonyl (C=O) groups excluding carboxylic acids is 2. The van der Waals surface area contributed by atoms with Gasteiger partial charge in [-0.15, -0.1) is 0 Å². The van der Waals surface area contributed by atoms with Gasteiger partial charge in [0.15, 0.2) is 5.25 Å². The summed E-state index contributed by atoms with van der Waals surface area (Å²) in [6.45, 7) is 4.77. The molecular weight excluding hydrogens is 640 g/mol. The zero-order chi connectivity index (χ0) is 34.0. The molecule has 0 radical (unpaired) electrons. The Morgan fingerprint density at radius 1 is 0.489 bits per heavy atom. The first kappa shape index (κ1) is 49.6. The third kappa shape index (κ3) is 36.1. The van der Waals surface area contributed by atoms with Crippen molar-refractivity contribution in [3.05, 3.63) is 0 Å². The fourth-order valence-corrected chi connectivity index (χ4v) is 6.58. The first-order valence-corrected chi connectivity index (χ1v) is 21.1. The summed E-state index contributed by atoms with van der Waals surface area (Å²) in [7, 11) is -4.77. The summed E-state index contributed by atoms with van der Waals surface area (Å²) in [5.41, 5.74) is 0. The van der Waals surface area contributed by atoms with Crippen molar-refractivity contribution in [2.45, 2.75) is 218 Å². The molecule has 0 aliphatic heterocycles. The summed E-state index contributed by atoms with van der Waals surface area (Å²) in [5.74, 6) is -1.89. The molecule has 9 heteroatoms. The van der Waals surface area contributed by atoms with E-state index < -0.39 is 33.7 Å². The van der Waals surface area contributed by atoms with Gasteiger partial charge in [0.05, 0.1) is 19.6 Å². The van der Waals surface area contributed by atoms with Crippen molar-refractivity contribution in [2.24, 2.45) is 0 Å². The van der Waals surface area contributed by atoms with Gasteiger partial charge in [-0.3, -0.25) is 14.1 Å². The van der Waals surface area contributed by atoms with Gasteiger partial charge >= 0.3 is 63.3 Å². The third-order valence-electron chi connectivity index (χ3n) is 8.98. The van der Waals surface area contributed by atoms with Crippen LogP contribution in [0.4, 0.5) is 0 Å². The van der Waals surface area contributed by atoms with Crippen LogP contribution in [0.25, 0.3) is 0 Å². The van der Waals surface area contributed by atoms with Gasteiger partial charge < -0.3 is 10.9 Å². The van der Waals surface area contributed by atoms with E-state index in [0.717, 1.165) is 32.1 Å². The monoisotopic (exact) mass is 714 g/mol. The number of carbonyl (C=O) groups is 2. The zero-order valence-electron chi connectivity index (χ0n) is 32.2. The van der Waals surface area contributed by atoms with Crippen LogP contribution in [0.2, 0.25) is 0 Å². The molecule has 276 valence electrons. The van der Waals surface area contributed by atoms with E-state index in [0.29, 0.717) is 12.8 Å². The molecule has 0 aliphatic carbocycles. The Hall–Kier alpha value is 0.486. The molecule has 0 saturated carbocycles. The molecule has 0 bridgehead atoms. The number of ether oxygens (including phenoxy) is 2. The normalized spacial score (nSPS) is 12.1. The molecule has 1 atom stereocenters. The van der Waals surface area contributed by atoms with E-state index in [2.05, 4.69) is 13.8 Å². The van der Waals surface area contributed by atoms with E-state index in [1.165, 1.54) is 148 Å². The molecule has 7 nitrogen and oxygen atoms in total. The van der Waals surface area contributed by atoms with Crippen LogP contribution < -0.4 is 51.4 Å². The van der Waals surface area contributed by atoms with Crippen LogP contribution >= 0.6 is 0 Å². The summed E-state index contributed by atoms with van der Waals surface area (Å²) >= 11 is 0. The molecule has 0 spiro atoms. The standard InChI is InChI=1S/C38H74O7S.K.H/c1-3-5-7-9-11-13-15-17-19-20-22-24-26-28-30-32-34-45-38(40)36(46(41,42)43)35-37(39)44-33-31-29-27-25-23-21-18-16-14-12-10-8-6-4-2;;/h36H,3-35H2,1-2H3,(H,41,42,43);;/q;+1;-1. The second-order valence-corrected chi connectivity index (χ2v) is 15.1. The number of esters is 2. The quantitative estimate of drug-likeness (QED) is 0.0300. The molecule has 0 aromatic rings. The van der Waals surface area contributed by atoms with Gasteiger partial charge in [-0.1, -0.05) is 194 Å². The molecule has 1 unspecified atom stereocenters. The number of rotatable bonds is 36. The van der Waals surface area contributed by atoms with E-state index in [1.807, 2.05) is 0 Å². The molecule has 0 fully saturated rings. The fraction of sp³-hybridized carbons (Fsp3) is 0.947. The van der Waals surface area contributed by atoms with Gasteiger partial charge in [0.1, 0.15) is 0 Å². The van der Waals surface area contributed by atoms with Crippen LogP contribution in [-0.2, 0) is 29.2 Å². The molecule has 0 heterocycles. The van der Waals surface area contributed by atoms with E-state index in [9.17, 15) is 22.6 Å². The van der Waals surface area contributed by atoms with Gasteiger partial charge in [-0.2, -0.15) is 8.42 Å². The van der Waals surface area contributed by atoms with E-state index in [1.54, 1.807) is 0 Å². The molecule has 0 aliphatic rings.